The molecule has 3 heteroatoms. The van der Waals surface area contributed by atoms with E-state index in [1.165, 1.54) is 5.56 Å². The summed E-state index contributed by atoms with van der Waals surface area (Å²) in [5, 5.41) is 0. The van der Waals surface area contributed by atoms with Crippen molar-refractivity contribution in [3.8, 4) is 5.75 Å². The number of aryl methyl sites for hydroxylation is 3. The molecule has 0 aliphatic carbocycles. The molecular weight excluding hydrogens is 236 g/mol. The molecule has 0 saturated carbocycles. The van der Waals surface area contributed by atoms with E-state index in [1.54, 1.807) is 7.11 Å². The molecule has 0 saturated heterocycles. The predicted octanol–water partition coefficient (Wildman–Crippen LogP) is 3.72. The molecule has 0 bridgehead atoms. The van der Waals surface area contributed by atoms with Crippen molar-refractivity contribution in [2.24, 2.45) is 0 Å². The van der Waals surface area contributed by atoms with E-state index in [1.807, 2.05) is 19.1 Å². The molecule has 0 amide bonds. The van der Waals surface area contributed by atoms with Gasteiger partial charge in [0.1, 0.15) is 11.3 Å². The highest BCUT2D eigenvalue weighted by molar-refractivity contribution is 5.91. The van der Waals surface area contributed by atoms with Gasteiger partial charge in [0, 0.05) is 0 Å². The molecule has 0 fully saturated rings. The largest absolute Gasteiger partial charge is 0.494 e. The lowest BCUT2D eigenvalue weighted by Gasteiger charge is -2.09. The normalized spacial score (nSPS) is 11.2. The van der Waals surface area contributed by atoms with E-state index in [0.717, 1.165) is 38.9 Å². The maximum atomic E-state index is 5.42. The molecule has 0 N–H and O–H groups in total. The van der Waals surface area contributed by atoms with Crippen LogP contribution in [0.4, 0.5) is 0 Å². The standard InChI is InChI=1S/C16H16N2O/c1-9-5-11(3)15-12(6-9)18-16-13(17-15)7-10(2)8-14(16)19-4/h5-8H,1-4H3. The zero-order valence-electron chi connectivity index (χ0n) is 11.6. The van der Waals surface area contributed by atoms with Gasteiger partial charge in [-0.3, -0.25) is 0 Å². The van der Waals surface area contributed by atoms with Crippen LogP contribution in [0.25, 0.3) is 22.1 Å². The molecule has 96 valence electrons. The Morgan fingerprint density at radius 1 is 0.789 bits per heavy atom. The molecule has 0 atom stereocenters. The van der Waals surface area contributed by atoms with Crippen molar-refractivity contribution in [1.82, 2.24) is 9.97 Å². The number of rotatable bonds is 1. The first kappa shape index (κ1) is 11.9. The molecule has 19 heavy (non-hydrogen) atoms. The van der Waals surface area contributed by atoms with Gasteiger partial charge in [-0.25, -0.2) is 9.97 Å². The summed E-state index contributed by atoms with van der Waals surface area (Å²) in [5.41, 5.74) is 7.08. The van der Waals surface area contributed by atoms with Gasteiger partial charge in [0.25, 0.3) is 0 Å². The van der Waals surface area contributed by atoms with E-state index in [-0.39, 0.29) is 0 Å². The fraction of sp³-hybridized carbons (Fsp3) is 0.250. The summed E-state index contributed by atoms with van der Waals surface area (Å²) in [6.07, 6.45) is 0. The highest BCUT2D eigenvalue weighted by Crippen LogP contribution is 2.27. The van der Waals surface area contributed by atoms with E-state index in [2.05, 4.69) is 26.0 Å². The summed E-state index contributed by atoms with van der Waals surface area (Å²) in [6, 6.07) is 8.24. The van der Waals surface area contributed by atoms with Gasteiger partial charge in [-0.05, 0) is 55.7 Å². The quantitative estimate of drug-likeness (QED) is 0.619. The summed E-state index contributed by atoms with van der Waals surface area (Å²) in [4.78, 5) is 9.47. The molecule has 0 unspecified atom stereocenters. The summed E-state index contributed by atoms with van der Waals surface area (Å²) < 4.78 is 5.42. The van der Waals surface area contributed by atoms with Crippen molar-refractivity contribution in [1.29, 1.82) is 0 Å². The molecule has 0 spiro atoms. The van der Waals surface area contributed by atoms with Crippen LogP contribution in [0, 0.1) is 20.8 Å². The van der Waals surface area contributed by atoms with Crippen molar-refractivity contribution in [3.63, 3.8) is 0 Å². The van der Waals surface area contributed by atoms with Crippen molar-refractivity contribution < 1.29 is 4.74 Å². The van der Waals surface area contributed by atoms with Gasteiger partial charge in [-0.2, -0.15) is 0 Å². The van der Waals surface area contributed by atoms with Gasteiger partial charge in [0.15, 0.2) is 0 Å². The molecular formula is C16H16N2O. The van der Waals surface area contributed by atoms with Crippen molar-refractivity contribution >= 4 is 22.1 Å². The summed E-state index contributed by atoms with van der Waals surface area (Å²) >= 11 is 0. The Kier molecular flexibility index (Phi) is 2.63. The minimum atomic E-state index is 0.781. The molecule has 3 nitrogen and oxygen atoms in total. The number of benzene rings is 2. The summed E-state index contributed by atoms with van der Waals surface area (Å²) in [6.45, 7) is 6.18. The Hall–Kier alpha value is -2.16. The zero-order valence-corrected chi connectivity index (χ0v) is 11.6. The third-order valence-corrected chi connectivity index (χ3v) is 3.31. The number of aromatic nitrogens is 2. The number of hydrogen-bond donors (Lipinski definition) is 0. The van der Waals surface area contributed by atoms with Crippen LogP contribution in [0.15, 0.2) is 24.3 Å². The minimum absolute atomic E-state index is 0.781. The second-order valence-corrected chi connectivity index (χ2v) is 5.01. The van der Waals surface area contributed by atoms with Gasteiger partial charge >= 0.3 is 0 Å². The Labute approximate surface area is 112 Å². The number of hydrogen-bond acceptors (Lipinski definition) is 3. The molecule has 1 heterocycles. The van der Waals surface area contributed by atoms with Crippen LogP contribution < -0.4 is 4.74 Å². The molecule has 3 rings (SSSR count). The van der Waals surface area contributed by atoms with E-state index in [4.69, 9.17) is 14.7 Å². The number of nitrogens with zero attached hydrogens (tertiary/aromatic N) is 2. The third kappa shape index (κ3) is 1.91. The smallest absolute Gasteiger partial charge is 0.146 e. The molecule has 0 aliphatic rings. The van der Waals surface area contributed by atoms with Crippen LogP contribution in [0.2, 0.25) is 0 Å². The van der Waals surface area contributed by atoms with Crippen molar-refractivity contribution in [2.75, 3.05) is 7.11 Å². The molecule has 2 aromatic carbocycles. The lowest BCUT2D eigenvalue weighted by molar-refractivity contribution is 0.418. The average Bonchev–Trinajstić information content (AvgIpc) is 2.36. The maximum absolute atomic E-state index is 5.42. The van der Waals surface area contributed by atoms with Crippen LogP contribution in [0.3, 0.4) is 0 Å². The lowest BCUT2D eigenvalue weighted by atomic mass is 10.1. The van der Waals surface area contributed by atoms with E-state index >= 15 is 0 Å². The Morgan fingerprint density at radius 3 is 2.05 bits per heavy atom. The third-order valence-electron chi connectivity index (χ3n) is 3.31. The van der Waals surface area contributed by atoms with E-state index in [9.17, 15) is 0 Å². The molecule has 1 aromatic heterocycles. The van der Waals surface area contributed by atoms with Gasteiger partial charge < -0.3 is 4.74 Å². The predicted molar refractivity (Wildman–Crippen MR) is 77.8 cm³/mol. The average molecular weight is 252 g/mol. The minimum Gasteiger partial charge on any atom is -0.494 e. The van der Waals surface area contributed by atoms with Gasteiger partial charge in [-0.1, -0.05) is 6.07 Å². The monoisotopic (exact) mass is 252 g/mol. The van der Waals surface area contributed by atoms with E-state index < -0.39 is 0 Å². The number of ether oxygens (including phenoxy) is 1. The summed E-state index contributed by atoms with van der Waals surface area (Å²) in [5.74, 6) is 0.781. The van der Waals surface area contributed by atoms with Crippen LogP contribution >= 0.6 is 0 Å². The first-order valence-electron chi connectivity index (χ1n) is 6.32. The number of methoxy groups -OCH3 is 1. The Balaban J connectivity index is 2.48. The maximum Gasteiger partial charge on any atom is 0.146 e. The van der Waals surface area contributed by atoms with Crippen LogP contribution in [-0.2, 0) is 0 Å². The van der Waals surface area contributed by atoms with Crippen LogP contribution in [0.5, 0.6) is 5.75 Å². The summed E-state index contributed by atoms with van der Waals surface area (Å²) in [7, 11) is 1.67. The lowest BCUT2D eigenvalue weighted by Crippen LogP contribution is -1.95. The van der Waals surface area contributed by atoms with E-state index in [0.29, 0.717) is 0 Å². The van der Waals surface area contributed by atoms with Crippen molar-refractivity contribution in [2.45, 2.75) is 20.8 Å². The van der Waals surface area contributed by atoms with Gasteiger partial charge in [0.05, 0.1) is 23.7 Å². The molecule has 0 radical (unpaired) electrons. The van der Waals surface area contributed by atoms with Crippen LogP contribution in [-0.4, -0.2) is 17.1 Å². The second kappa shape index (κ2) is 4.19. The fourth-order valence-electron chi connectivity index (χ4n) is 2.49. The first-order valence-corrected chi connectivity index (χ1v) is 6.32. The molecule has 3 aromatic rings. The Bertz CT molecular complexity index is 794. The topological polar surface area (TPSA) is 35.0 Å². The van der Waals surface area contributed by atoms with Gasteiger partial charge in [0.2, 0.25) is 0 Å². The first-order chi connectivity index (χ1) is 9.08. The number of fused-ring (bicyclic) bond motifs is 2. The van der Waals surface area contributed by atoms with Gasteiger partial charge in [-0.15, -0.1) is 0 Å². The second-order valence-electron chi connectivity index (χ2n) is 5.01. The fourth-order valence-corrected chi connectivity index (χ4v) is 2.49. The van der Waals surface area contributed by atoms with Crippen molar-refractivity contribution in [3.05, 3.63) is 41.0 Å². The zero-order chi connectivity index (χ0) is 13.6. The highest BCUT2D eigenvalue weighted by Gasteiger charge is 2.09. The molecule has 0 aliphatic heterocycles. The highest BCUT2D eigenvalue weighted by atomic mass is 16.5. The SMILES string of the molecule is COc1cc(C)cc2nc3c(C)cc(C)cc3nc12. The van der Waals surface area contributed by atoms with Crippen LogP contribution in [0.1, 0.15) is 16.7 Å². The Morgan fingerprint density at radius 2 is 1.37 bits per heavy atom.